The summed E-state index contributed by atoms with van der Waals surface area (Å²) in [5.41, 5.74) is 1.06. The molecule has 2 N–H and O–H groups in total. The molecule has 0 saturated heterocycles. The first kappa shape index (κ1) is 12.9. The van der Waals surface area contributed by atoms with Crippen LogP contribution in [0.1, 0.15) is 25.3 Å². The van der Waals surface area contributed by atoms with Gasteiger partial charge in [-0.1, -0.05) is 12.1 Å². The van der Waals surface area contributed by atoms with Gasteiger partial charge < -0.3 is 15.4 Å². The minimum Gasteiger partial charge on any atom is -0.494 e. The van der Waals surface area contributed by atoms with Gasteiger partial charge in [0.15, 0.2) is 0 Å². The normalized spacial score (nSPS) is 14.3. The zero-order valence-corrected chi connectivity index (χ0v) is 10.7. The molecule has 0 aromatic heterocycles. The van der Waals surface area contributed by atoms with Crippen molar-refractivity contribution in [3.8, 4) is 5.75 Å². The van der Waals surface area contributed by atoms with Crippen LogP contribution >= 0.6 is 0 Å². The van der Waals surface area contributed by atoms with Crippen LogP contribution in [0, 0.1) is 0 Å². The first-order chi connectivity index (χ1) is 8.78. The molecule has 18 heavy (non-hydrogen) atoms. The molecular weight excluding hydrogens is 228 g/mol. The molecule has 1 fully saturated rings. The van der Waals surface area contributed by atoms with Gasteiger partial charge in [0, 0.05) is 12.6 Å². The summed E-state index contributed by atoms with van der Waals surface area (Å²) >= 11 is 0. The number of carbonyl (C=O) groups excluding carboxylic acids is 1. The summed E-state index contributed by atoms with van der Waals surface area (Å²) in [6.07, 6.45) is 2.40. The number of rotatable bonds is 7. The fourth-order valence-electron chi connectivity index (χ4n) is 1.70. The smallest absolute Gasteiger partial charge is 0.234 e. The van der Waals surface area contributed by atoms with Crippen molar-refractivity contribution in [1.29, 1.82) is 0 Å². The third kappa shape index (κ3) is 4.37. The standard InChI is InChI=1S/C14H20N2O2/c1-2-18-13-5-3-4-11(8-13)9-16-14(17)10-15-12-6-7-12/h3-5,8,12,15H,2,6-7,9-10H2,1H3,(H,16,17). The molecule has 1 aromatic rings. The van der Waals surface area contributed by atoms with Crippen LogP contribution in [0.2, 0.25) is 0 Å². The third-order valence-electron chi connectivity index (χ3n) is 2.83. The molecule has 0 atom stereocenters. The molecule has 1 amide bonds. The molecule has 0 unspecified atom stereocenters. The molecule has 1 aliphatic rings. The predicted molar refractivity (Wildman–Crippen MR) is 70.5 cm³/mol. The van der Waals surface area contributed by atoms with E-state index in [9.17, 15) is 4.79 Å². The molecule has 4 heteroatoms. The lowest BCUT2D eigenvalue weighted by Crippen LogP contribution is -2.34. The van der Waals surface area contributed by atoms with Gasteiger partial charge >= 0.3 is 0 Å². The molecule has 0 bridgehead atoms. The van der Waals surface area contributed by atoms with Crippen LogP contribution in [-0.2, 0) is 11.3 Å². The van der Waals surface area contributed by atoms with Crippen molar-refractivity contribution in [1.82, 2.24) is 10.6 Å². The van der Waals surface area contributed by atoms with E-state index in [0.29, 0.717) is 25.7 Å². The topological polar surface area (TPSA) is 50.4 Å². The second kappa shape index (κ2) is 6.40. The van der Waals surface area contributed by atoms with Crippen molar-refractivity contribution < 1.29 is 9.53 Å². The summed E-state index contributed by atoms with van der Waals surface area (Å²) in [5, 5.41) is 6.08. The number of ether oxygens (including phenoxy) is 1. The van der Waals surface area contributed by atoms with E-state index in [1.54, 1.807) is 0 Å². The number of nitrogens with one attached hydrogen (secondary N) is 2. The van der Waals surface area contributed by atoms with Crippen molar-refractivity contribution in [2.75, 3.05) is 13.2 Å². The Balaban J connectivity index is 1.73. The predicted octanol–water partition coefficient (Wildman–Crippen LogP) is 1.45. The molecule has 1 aromatic carbocycles. The number of hydrogen-bond donors (Lipinski definition) is 2. The molecule has 1 saturated carbocycles. The fraction of sp³-hybridized carbons (Fsp3) is 0.500. The highest BCUT2D eigenvalue weighted by Crippen LogP contribution is 2.18. The number of hydrogen-bond acceptors (Lipinski definition) is 3. The van der Waals surface area contributed by atoms with Crippen molar-refractivity contribution in [2.24, 2.45) is 0 Å². The minimum absolute atomic E-state index is 0.0451. The Morgan fingerprint density at radius 3 is 3.00 bits per heavy atom. The third-order valence-corrected chi connectivity index (χ3v) is 2.83. The quantitative estimate of drug-likeness (QED) is 0.768. The van der Waals surface area contributed by atoms with Crippen LogP contribution < -0.4 is 15.4 Å². The summed E-state index contributed by atoms with van der Waals surface area (Å²) in [5.74, 6) is 0.893. The average Bonchev–Trinajstić information content (AvgIpc) is 3.19. The van der Waals surface area contributed by atoms with Crippen LogP contribution in [0.4, 0.5) is 0 Å². The first-order valence-corrected chi connectivity index (χ1v) is 6.49. The molecule has 0 spiro atoms. The summed E-state index contributed by atoms with van der Waals surface area (Å²) in [6.45, 7) is 3.57. The highest BCUT2D eigenvalue weighted by Gasteiger charge is 2.20. The van der Waals surface area contributed by atoms with Crippen LogP contribution in [-0.4, -0.2) is 25.1 Å². The van der Waals surface area contributed by atoms with Crippen LogP contribution in [0.5, 0.6) is 5.75 Å². The van der Waals surface area contributed by atoms with Gasteiger partial charge in [0.25, 0.3) is 0 Å². The van der Waals surface area contributed by atoms with E-state index < -0.39 is 0 Å². The maximum atomic E-state index is 11.6. The van der Waals surface area contributed by atoms with E-state index in [4.69, 9.17) is 4.74 Å². The van der Waals surface area contributed by atoms with Gasteiger partial charge in [-0.3, -0.25) is 4.79 Å². The Labute approximate surface area is 108 Å². The molecule has 0 aliphatic heterocycles. The monoisotopic (exact) mass is 248 g/mol. The molecule has 2 rings (SSSR count). The molecular formula is C14H20N2O2. The molecule has 1 aliphatic carbocycles. The molecule has 98 valence electrons. The van der Waals surface area contributed by atoms with Crippen LogP contribution in [0.15, 0.2) is 24.3 Å². The van der Waals surface area contributed by atoms with Gasteiger partial charge in [0.05, 0.1) is 13.2 Å². The average molecular weight is 248 g/mol. The highest BCUT2D eigenvalue weighted by molar-refractivity contribution is 5.78. The zero-order valence-electron chi connectivity index (χ0n) is 10.7. The Hall–Kier alpha value is -1.55. The van der Waals surface area contributed by atoms with Gasteiger partial charge in [0.2, 0.25) is 5.91 Å². The lowest BCUT2D eigenvalue weighted by Gasteiger charge is -2.08. The zero-order chi connectivity index (χ0) is 12.8. The second-order valence-electron chi connectivity index (χ2n) is 4.51. The second-order valence-corrected chi connectivity index (χ2v) is 4.51. The van der Waals surface area contributed by atoms with E-state index in [-0.39, 0.29) is 5.91 Å². The number of amides is 1. The van der Waals surface area contributed by atoms with Crippen molar-refractivity contribution >= 4 is 5.91 Å². The Morgan fingerprint density at radius 1 is 1.44 bits per heavy atom. The molecule has 0 radical (unpaired) electrons. The summed E-state index contributed by atoms with van der Waals surface area (Å²) in [4.78, 5) is 11.6. The van der Waals surface area contributed by atoms with Gasteiger partial charge in [-0.25, -0.2) is 0 Å². The Morgan fingerprint density at radius 2 is 2.28 bits per heavy atom. The number of benzene rings is 1. The highest BCUT2D eigenvalue weighted by atomic mass is 16.5. The lowest BCUT2D eigenvalue weighted by atomic mass is 10.2. The van der Waals surface area contributed by atoms with Gasteiger partial charge in [-0.15, -0.1) is 0 Å². The van der Waals surface area contributed by atoms with Crippen molar-refractivity contribution in [2.45, 2.75) is 32.4 Å². The van der Waals surface area contributed by atoms with E-state index in [0.717, 1.165) is 11.3 Å². The van der Waals surface area contributed by atoms with E-state index >= 15 is 0 Å². The van der Waals surface area contributed by atoms with Crippen LogP contribution in [0.25, 0.3) is 0 Å². The van der Waals surface area contributed by atoms with Gasteiger partial charge in [-0.05, 0) is 37.5 Å². The summed E-state index contributed by atoms with van der Waals surface area (Å²) < 4.78 is 5.42. The maximum Gasteiger partial charge on any atom is 0.234 e. The molecule has 0 heterocycles. The van der Waals surface area contributed by atoms with Crippen molar-refractivity contribution in [3.05, 3.63) is 29.8 Å². The largest absolute Gasteiger partial charge is 0.494 e. The Bertz CT molecular complexity index is 403. The van der Waals surface area contributed by atoms with E-state index in [1.165, 1.54) is 12.8 Å². The van der Waals surface area contributed by atoms with E-state index in [2.05, 4.69) is 10.6 Å². The summed E-state index contributed by atoms with van der Waals surface area (Å²) in [7, 11) is 0. The maximum absolute atomic E-state index is 11.6. The van der Waals surface area contributed by atoms with E-state index in [1.807, 2.05) is 31.2 Å². The SMILES string of the molecule is CCOc1cccc(CNC(=O)CNC2CC2)c1. The summed E-state index contributed by atoms with van der Waals surface area (Å²) in [6, 6.07) is 8.37. The Kier molecular flexibility index (Phi) is 4.59. The van der Waals surface area contributed by atoms with Crippen LogP contribution in [0.3, 0.4) is 0 Å². The van der Waals surface area contributed by atoms with Crippen molar-refractivity contribution in [3.63, 3.8) is 0 Å². The van der Waals surface area contributed by atoms with Gasteiger partial charge in [-0.2, -0.15) is 0 Å². The first-order valence-electron chi connectivity index (χ1n) is 6.49. The fourth-order valence-corrected chi connectivity index (χ4v) is 1.70. The lowest BCUT2D eigenvalue weighted by molar-refractivity contribution is -0.120. The number of carbonyl (C=O) groups is 1. The minimum atomic E-state index is 0.0451. The molecule has 4 nitrogen and oxygen atoms in total. The van der Waals surface area contributed by atoms with Gasteiger partial charge in [0.1, 0.15) is 5.75 Å².